The molecule has 1 saturated heterocycles. The van der Waals surface area contributed by atoms with Crippen LogP contribution in [0.1, 0.15) is 53.0 Å². The summed E-state index contributed by atoms with van der Waals surface area (Å²) in [7, 11) is 3.12. The Morgan fingerprint density at radius 3 is 2.52 bits per heavy atom. The van der Waals surface area contributed by atoms with Crippen LogP contribution in [-0.4, -0.2) is 52.7 Å². The lowest BCUT2D eigenvalue weighted by molar-refractivity contribution is 0.0711. The van der Waals surface area contributed by atoms with E-state index in [1.54, 1.807) is 38.5 Å². The number of H-pyrrole nitrogens is 1. The van der Waals surface area contributed by atoms with Crippen LogP contribution in [0.3, 0.4) is 0 Å². The molecule has 8 heteroatoms. The lowest BCUT2D eigenvalue weighted by Crippen LogP contribution is -2.38. The number of nitrogens with zero attached hydrogens (tertiary/aromatic N) is 3. The molecular weight excluding hydrogens is 396 g/mol. The Labute approximate surface area is 180 Å². The number of carbonyl (C=O) groups is 1. The fourth-order valence-electron chi connectivity index (χ4n) is 4.38. The molecule has 1 amide bonds. The van der Waals surface area contributed by atoms with Gasteiger partial charge in [0.2, 0.25) is 0 Å². The van der Waals surface area contributed by atoms with E-state index >= 15 is 0 Å². The normalized spacial score (nSPS) is 14.8. The maximum absolute atomic E-state index is 13.0. The zero-order valence-electron chi connectivity index (χ0n) is 18.4. The van der Waals surface area contributed by atoms with Crippen molar-refractivity contribution in [1.29, 1.82) is 0 Å². The van der Waals surface area contributed by atoms with E-state index in [2.05, 4.69) is 12.0 Å². The number of methoxy groups -OCH3 is 2. The van der Waals surface area contributed by atoms with Crippen LogP contribution in [0.25, 0.3) is 5.65 Å². The number of aryl methyl sites for hydroxylation is 2. The predicted octanol–water partition coefficient (Wildman–Crippen LogP) is 2.93. The number of nitrogens with one attached hydrogen (secondary N) is 1. The Balaban J connectivity index is 1.51. The molecule has 31 heavy (non-hydrogen) atoms. The van der Waals surface area contributed by atoms with Gasteiger partial charge in [0.1, 0.15) is 0 Å². The molecule has 4 rings (SSSR count). The van der Waals surface area contributed by atoms with Gasteiger partial charge in [-0.25, -0.2) is 9.50 Å². The van der Waals surface area contributed by atoms with Gasteiger partial charge in [-0.15, -0.1) is 0 Å². The van der Waals surface area contributed by atoms with Crippen molar-refractivity contribution in [3.63, 3.8) is 0 Å². The number of hydrogen-bond acceptors (Lipinski definition) is 5. The van der Waals surface area contributed by atoms with Gasteiger partial charge < -0.3 is 14.4 Å². The summed E-state index contributed by atoms with van der Waals surface area (Å²) < 4.78 is 12.1. The molecule has 1 N–H and O–H groups in total. The number of aromatic nitrogens is 3. The van der Waals surface area contributed by atoms with Crippen molar-refractivity contribution >= 4 is 11.6 Å². The Morgan fingerprint density at radius 1 is 1.16 bits per heavy atom. The highest BCUT2D eigenvalue weighted by molar-refractivity contribution is 5.95. The van der Waals surface area contributed by atoms with Crippen molar-refractivity contribution in [1.82, 2.24) is 19.5 Å². The van der Waals surface area contributed by atoms with Crippen molar-refractivity contribution in [2.45, 2.75) is 39.0 Å². The standard InChI is InChI=1S/C23H28N4O4/c1-5-17-14(2)25-27-21(28)13-18(24-22(17)27)15-8-10-26(11-9-15)23(29)16-6-7-19(30-3)20(12-16)31-4/h6-7,12-13,15,25H,5,8-11H2,1-4H3. The maximum atomic E-state index is 13.0. The Bertz CT molecular complexity index is 1170. The molecular formula is C23H28N4O4. The van der Waals surface area contributed by atoms with Gasteiger partial charge in [0.15, 0.2) is 17.1 Å². The number of carbonyl (C=O) groups excluding carboxylic acids is 1. The van der Waals surface area contributed by atoms with Gasteiger partial charge in [-0.2, -0.15) is 0 Å². The highest BCUT2D eigenvalue weighted by atomic mass is 16.5. The van der Waals surface area contributed by atoms with Gasteiger partial charge in [0.05, 0.1) is 19.9 Å². The van der Waals surface area contributed by atoms with E-state index in [0.717, 1.165) is 36.2 Å². The molecule has 0 atom stereocenters. The second-order valence-corrected chi connectivity index (χ2v) is 7.88. The van der Waals surface area contributed by atoms with E-state index in [-0.39, 0.29) is 17.4 Å². The third-order valence-electron chi connectivity index (χ3n) is 6.13. The summed E-state index contributed by atoms with van der Waals surface area (Å²) in [6.07, 6.45) is 2.35. The van der Waals surface area contributed by atoms with Crippen LogP contribution in [0.5, 0.6) is 11.5 Å². The third-order valence-corrected chi connectivity index (χ3v) is 6.13. The summed E-state index contributed by atoms with van der Waals surface area (Å²) in [5.74, 6) is 1.26. The van der Waals surface area contributed by atoms with Gasteiger partial charge in [0, 0.05) is 41.9 Å². The molecule has 1 aliphatic heterocycles. The zero-order valence-corrected chi connectivity index (χ0v) is 18.4. The molecule has 1 aromatic carbocycles. The average Bonchev–Trinajstić information content (AvgIpc) is 3.13. The fraction of sp³-hybridized carbons (Fsp3) is 0.435. The van der Waals surface area contributed by atoms with E-state index in [0.29, 0.717) is 35.8 Å². The van der Waals surface area contributed by atoms with E-state index < -0.39 is 0 Å². The van der Waals surface area contributed by atoms with Gasteiger partial charge in [-0.3, -0.25) is 14.7 Å². The molecule has 0 bridgehead atoms. The second kappa shape index (κ2) is 8.45. The molecule has 164 valence electrons. The molecule has 0 spiro atoms. The minimum absolute atomic E-state index is 0.0302. The van der Waals surface area contributed by atoms with Crippen molar-refractivity contribution in [2.24, 2.45) is 0 Å². The Kier molecular flexibility index (Phi) is 5.71. The highest BCUT2D eigenvalue weighted by Gasteiger charge is 2.27. The third kappa shape index (κ3) is 3.78. The number of likely N-dealkylation sites (tertiary alicyclic amines) is 1. The topological polar surface area (TPSA) is 88.9 Å². The first-order valence-corrected chi connectivity index (χ1v) is 10.6. The highest BCUT2D eigenvalue weighted by Crippen LogP contribution is 2.30. The van der Waals surface area contributed by atoms with Crippen LogP contribution in [0, 0.1) is 6.92 Å². The quantitative estimate of drug-likeness (QED) is 0.680. The van der Waals surface area contributed by atoms with Gasteiger partial charge in [0.25, 0.3) is 11.5 Å². The van der Waals surface area contributed by atoms with Gasteiger partial charge in [-0.1, -0.05) is 6.92 Å². The molecule has 0 unspecified atom stereocenters. The van der Waals surface area contributed by atoms with Crippen molar-refractivity contribution < 1.29 is 14.3 Å². The Morgan fingerprint density at radius 2 is 1.87 bits per heavy atom. The number of benzene rings is 1. The smallest absolute Gasteiger partial charge is 0.272 e. The SMILES string of the molecule is CCc1c(C)[nH]n2c(=O)cc(C3CCN(C(=O)c4ccc(OC)c(OC)c4)CC3)nc12. The summed E-state index contributed by atoms with van der Waals surface area (Å²) in [5.41, 5.74) is 4.05. The number of hydrogen-bond donors (Lipinski definition) is 1. The van der Waals surface area contributed by atoms with Crippen molar-refractivity contribution in [3.8, 4) is 11.5 Å². The lowest BCUT2D eigenvalue weighted by atomic mass is 9.93. The first kappa shape index (κ1) is 21.0. The minimum Gasteiger partial charge on any atom is -0.493 e. The van der Waals surface area contributed by atoms with E-state index in [1.807, 2.05) is 11.8 Å². The molecule has 8 nitrogen and oxygen atoms in total. The van der Waals surface area contributed by atoms with Crippen molar-refractivity contribution in [3.05, 3.63) is 57.1 Å². The zero-order chi connectivity index (χ0) is 22.1. The molecule has 2 aromatic heterocycles. The van der Waals surface area contributed by atoms with Crippen LogP contribution < -0.4 is 15.0 Å². The number of rotatable bonds is 5. The predicted molar refractivity (Wildman–Crippen MR) is 117 cm³/mol. The van der Waals surface area contributed by atoms with Crippen LogP contribution in [-0.2, 0) is 6.42 Å². The number of aromatic amines is 1. The second-order valence-electron chi connectivity index (χ2n) is 7.88. The Hall–Kier alpha value is -3.29. The number of amides is 1. The number of ether oxygens (including phenoxy) is 2. The van der Waals surface area contributed by atoms with Crippen LogP contribution in [0.4, 0.5) is 0 Å². The molecule has 0 saturated carbocycles. The number of piperidine rings is 1. The fourth-order valence-corrected chi connectivity index (χ4v) is 4.38. The lowest BCUT2D eigenvalue weighted by Gasteiger charge is -2.32. The first-order chi connectivity index (χ1) is 15.0. The van der Waals surface area contributed by atoms with Crippen LogP contribution in [0.2, 0.25) is 0 Å². The first-order valence-electron chi connectivity index (χ1n) is 10.6. The summed E-state index contributed by atoms with van der Waals surface area (Å²) in [6.45, 7) is 5.26. The summed E-state index contributed by atoms with van der Waals surface area (Å²) in [6, 6.07) is 6.84. The molecule has 0 radical (unpaired) electrons. The van der Waals surface area contributed by atoms with Crippen LogP contribution >= 0.6 is 0 Å². The van der Waals surface area contributed by atoms with Gasteiger partial charge in [-0.05, 0) is 44.4 Å². The van der Waals surface area contributed by atoms with E-state index in [1.165, 1.54) is 4.52 Å². The largest absolute Gasteiger partial charge is 0.493 e. The summed E-state index contributed by atoms with van der Waals surface area (Å²) >= 11 is 0. The molecule has 3 aromatic rings. The minimum atomic E-state index is -0.0911. The monoisotopic (exact) mass is 424 g/mol. The van der Waals surface area contributed by atoms with Gasteiger partial charge >= 0.3 is 0 Å². The number of fused-ring (bicyclic) bond motifs is 1. The molecule has 1 aliphatic rings. The summed E-state index contributed by atoms with van der Waals surface area (Å²) in [5, 5.41) is 3.10. The maximum Gasteiger partial charge on any atom is 0.272 e. The average molecular weight is 425 g/mol. The van der Waals surface area contributed by atoms with E-state index in [9.17, 15) is 9.59 Å². The molecule has 3 heterocycles. The van der Waals surface area contributed by atoms with Crippen molar-refractivity contribution in [2.75, 3.05) is 27.3 Å². The van der Waals surface area contributed by atoms with E-state index in [4.69, 9.17) is 14.5 Å². The molecule has 0 aliphatic carbocycles. The van der Waals surface area contributed by atoms with Crippen LogP contribution in [0.15, 0.2) is 29.1 Å². The molecule has 1 fully saturated rings. The summed E-state index contributed by atoms with van der Waals surface area (Å²) in [4.78, 5) is 32.2.